The molecule has 1 heterocycles. The Morgan fingerprint density at radius 2 is 1.49 bits per heavy atom. The zero-order chi connectivity index (χ0) is 29.1. The van der Waals surface area contributed by atoms with Crippen molar-refractivity contribution in [3.05, 3.63) is 131 Å². The molecule has 41 heavy (non-hydrogen) atoms. The number of benzene rings is 3. The SMILES string of the molecule is CC(C)(C1=CC2(S(C)(=O)=O)OCOC2(OCc2ccccc2)C=C1)N(CC(=O)c1ccccc1)Cc1ccccc1. The Labute approximate surface area is 242 Å². The van der Waals surface area contributed by atoms with Gasteiger partial charge in [0.15, 0.2) is 22.4 Å². The van der Waals surface area contributed by atoms with E-state index in [1.165, 1.54) is 0 Å². The van der Waals surface area contributed by atoms with Crippen LogP contribution in [0.5, 0.6) is 0 Å². The van der Waals surface area contributed by atoms with Crippen molar-refractivity contribution in [2.45, 2.75) is 43.3 Å². The van der Waals surface area contributed by atoms with Crippen LogP contribution < -0.4 is 0 Å². The molecule has 3 aromatic rings. The summed E-state index contributed by atoms with van der Waals surface area (Å²) in [6.45, 7) is 4.43. The fraction of sp³-hybridized carbons (Fsp3) is 0.303. The van der Waals surface area contributed by atoms with Crippen molar-refractivity contribution in [3.8, 4) is 0 Å². The van der Waals surface area contributed by atoms with Gasteiger partial charge in [-0.1, -0.05) is 97.1 Å². The summed E-state index contributed by atoms with van der Waals surface area (Å²) in [7, 11) is -3.92. The topological polar surface area (TPSA) is 82.1 Å². The quantitative estimate of drug-likeness (QED) is 0.288. The maximum absolute atomic E-state index is 13.5. The van der Waals surface area contributed by atoms with Crippen LogP contribution in [0.1, 0.15) is 35.3 Å². The fourth-order valence-electron chi connectivity index (χ4n) is 5.30. The summed E-state index contributed by atoms with van der Waals surface area (Å²) >= 11 is 0. The summed E-state index contributed by atoms with van der Waals surface area (Å²) in [5, 5.41) is 0. The van der Waals surface area contributed by atoms with Gasteiger partial charge < -0.3 is 14.2 Å². The number of hydrogen-bond acceptors (Lipinski definition) is 7. The molecule has 1 saturated heterocycles. The van der Waals surface area contributed by atoms with E-state index in [1.54, 1.807) is 24.3 Å². The van der Waals surface area contributed by atoms with E-state index in [9.17, 15) is 13.2 Å². The van der Waals surface area contributed by atoms with E-state index in [-0.39, 0.29) is 25.7 Å². The van der Waals surface area contributed by atoms with Crippen LogP contribution >= 0.6 is 0 Å². The number of Topliss-reactive ketones (excluding diaryl/α,β-unsaturated/α-hetero) is 1. The third-order valence-corrected chi connectivity index (χ3v) is 9.47. The van der Waals surface area contributed by atoms with Gasteiger partial charge in [-0.25, -0.2) is 8.42 Å². The maximum Gasteiger partial charge on any atom is 0.248 e. The normalized spacial score (nSPS) is 22.4. The van der Waals surface area contributed by atoms with Crippen molar-refractivity contribution in [1.29, 1.82) is 0 Å². The molecule has 214 valence electrons. The smallest absolute Gasteiger partial charge is 0.248 e. The zero-order valence-electron chi connectivity index (χ0n) is 23.5. The Morgan fingerprint density at radius 1 is 0.902 bits per heavy atom. The molecule has 0 spiro atoms. The van der Waals surface area contributed by atoms with Gasteiger partial charge >= 0.3 is 0 Å². The minimum atomic E-state index is -3.92. The van der Waals surface area contributed by atoms with Gasteiger partial charge in [0.05, 0.1) is 13.2 Å². The average molecular weight is 574 g/mol. The van der Waals surface area contributed by atoms with Gasteiger partial charge in [-0.05, 0) is 42.7 Å². The molecule has 8 heteroatoms. The lowest BCUT2D eigenvalue weighted by Gasteiger charge is -2.45. The molecule has 2 atom stereocenters. The number of sulfone groups is 1. The largest absolute Gasteiger partial charge is 0.338 e. The maximum atomic E-state index is 13.5. The number of rotatable bonds is 11. The van der Waals surface area contributed by atoms with E-state index >= 15 is 0 Å². The molecule has 0 bridgehead atoms. The van der Waals surface area contributed by atoms with Crippen molar-refractivity contribution >= 4 is 15.6 Å². The van der Waals surface area contributed by atoms with Crippen molar-refractivity contribution in [2.24, 2.45) is 0 Å². The van der Waals surface area contributed by atoms with Crippen molar-refractivity contribution in [2.75, 3.05) is 19.6 Å². The first-order valence-electron chi connectivity index (χ1n) is 13.5. The van der Waals surface area contributed by atoms with Crippen molar-refractivity contribution in [3.63, 3.8) is 0 Å². The highest BCUT2D eigenvalue weighted by atomic mass is 32.2. The lowest BCUT2D eigenvalue weighted by molar-refractivity contribution is -0.192. The average Bonchev–Trinajstić information content (AvgIpc) is 3.38. The lowest BCUT2D eigenvalue weighted by atomic mass is 9.84. The molecular weight excluding hydrogens is 538 g/mol. The van der Waals surface area contributed by atoms with Crippen molar-refractivity contribution < 1.29 is 27.4 Å². The molecule has 0 saturated carbocycles. The van der Waals surface area contributed by atoms with E-state index in [0.29, 0.717) is 17.7 Å². The van der Waals surface area contributed by atoms with Gasteiger partial charge in [-0.15, -0.1) is 0 Å². The molecule has 2 unspecified atom stereocenters. The molecule has 0 radical (unpaired) electrons. The second-order valence-electron chi connectivity index (χ2n) is 10.9. The summed E-state index contributed by atoms with van der Waals surface area (Å²) in [5.74, 6) is -1.70. The number of carbonyl (C=O) groups excluding carboxylic acids is 1. The first kappa shape index (κ1) is 29.1. The van der Waals surface area contributed by atoms with Crippen LogP contribution in [0.4, 0.5) is 0 Å². The Bertz CT molecular complexity index is 1540. The molecule has 2 aliphatic rings. The molecule has 0 aromatic heterocycles. The van der Waals surface area contributed by atoms with E-state index in [2.05, 4.69) is 4.90 Å². The van der Waals surface area contributed by atoms with Gasteiger partial charge in [0.25, 0.3) is 0 Å². The Kier molecular flexibility index (Phi) is 8.14. The number of hydrogen-bond donors (Lipinski definition) is 0. The Hall–Kier alpha value is -3.40. The van der Waals surface area contributed by atoms with E-state index < -0.39 is 26.1 Å². The van der Waals surface area contributed by atoms with Crippen LogP contribution in [-0.4, -0.2) is 55.0 Å². The highest BCUT2D eigenvalue weighted by molar-refractivity contribution is 7.92. The van der Waals surface area contributed by atoms with Gasteiger partial charge in [-0.3, -0.25) is 9.69 Å². The van der Waals surface area contributed by atoms with Gasteiger partial charge in [0.1, 0.15) is 0 Å². The number of nitrogens with zero attached hydrogens (tertiary/aromatic N) is 1. The second kappa shape index (κ2) is 11.5. The third-order valence-electron chi connectivity index (χ3n) is 7.85. The molecule has 3 aromatic carbocycles. The second-order valence-corrected chi connectivity index (χ2v) is 13.1. The summed E-state index contributed by atoms with van der Waals surface area (Å²) in [5.41, 5.74) is 2.40. The number of carbonyl (C=O) groups is 1. The van der Waals surface area contributed by atoms with Crippen LogP contribution in [0.2, 0.25) is 0 Å². The standard InChI is InChI=1S/C33H35NO6S/c1-31(2,34(22-26-13-7-4-8-14-26)23-30(35)28-17-11-6-12-18-28)29-19-20-32(38-24-27-15-9-5-10-16-27)33(21-29,40-25-39-32)41(3,36)37/h4-21H,22-25H2,1-3H3. The fourth-order valence-corrected chi connectivity index (χ4v) is 6.60. The molecular formula is C33H35NO6S. The zero-order valence-corrected chi connectivity index (χ0v) is 24.3. The molecule has 1 aliphatic heterocycles. The number of fused-ring (bicyclic) bond motifs is 1. The van der Waals surface area contributed by atoms with E-state index in [0.717, 1.165) is 17.4 Å². The summed E-state index contributed by atoms with van der Waals surface area (Å²) in [6, 6.07) is 28.5. The molecule has 0 amide bonds. The predicted molar refractivity (Wildman–Crippen MR) is 158 cm³/mol. The highest BCUT2D eigenvalue weighted by Crippen LogP contribution is 2.48. The first-order valence-corrected chi connectivity index (χ1v) is 15.4. The van der Waals surface area contributed by atoms with Crippen molar-refractivity contribution in [1.82, 2.24) is 4.90 Å². The molecule has 1 fully saturated rings. The monoisotopic (exact) mass is 573 g/mol. The lowest BCUT2D eigenvalue weighted by Crippen LogP contribution is -2.58. The van der Waals surface area contributed by atoms with Crippen LogP contribution in [0.25, 0.3) is 0 Å². The molecule has 5 rings (SSSR count). The Morgan fingerprint density at radius 3 is 2.10 bits per heavy atom. The van der Waals surface area contributed by atoms with Crippen LogP contribution in [-0.2, 0) is 37.2 Å². The van der Waals surface area contributed by atoms with Crippen LogP contribution in [0.15, 0.2) is 115 Å². The first-order chi connectivity index (χ1) is 19.6. The minimum Gasteiger partial charge on any atom is -0.338 e. The van der Waals surface area contributed by atoms with Crippen LogP contribution in [0, 0.1) is 0 Å². The van der Waals surface area contributed by atoms with Gasteiger partial charge in [0.2, 0.25) is 10.7 Å². The van der Waals surface area contributed by atoms with Crippen LogP contribution in [0.3, 0.4) is 0 Å². The Balaban J connectivity index is 1.52. The van der Waals surface area contributed by atoms with Gasteiger partial charge in [-0.2, -0.15) is 0 Å². The summed E-state index contributed by atoms with van der Waals surface area (Å²) in [4.78, 5) is 13.6. The molecule has 0 N–H and O–H groups in total. The summed E-state index contributed by atoms with van der Waals surface area (Å²) < 4.78 is 45.0. The molecule has 7 nitrogen and oxygen atoms in total. The number of ketones is 1. The predicted octanol–water partition coefficient (Wildman–Crippen LogP) is 5.30. The number of ether oxygens (including phenoxy) is 3. The summed E-state index contributed by atoms with van der Waals surface area (Å²) in [6.07, 6.45) is 6.20. The van der Waals surface area contributed by atoms with Gasteiger partial charge in [0, 0.05) is 23.9 Å². The third kappa shape index (κ3) is 5.71. The minimum absolute atomic E-state index is 0.0335. The highest BCUT2D eigenvalue weighted by Gasteiger charge is 2.65. The van der Waals surface area contributed by atoms with E-state index in [4.69, 9.17) is 14.2 Å². The molecule has 1 aliphatic carbocycles. The van der Waals surface area contributed by atoms with E-state index in [1.807, 2.05) is 98.8 Å².